The number of fused-ring (bicyclic) bond motifs is 1. The van der Waals surface area contributed by atoms with Gasteiger partial charge in [0.1, 0.15) is 0 Å². The molecule has 0 aromatic carbocycles. The molecule has 0 unspecified atom stereocenters. The lowest BCUT2D eigenvalue weighted by atomic mass is 10.3. The van der Waals surface area contributed by atoms with E-state index in [-0.39, 0.29) is 18.2 Å². The van der Waals surface area contributed by atoms with Gasteiger partial charge < -0.3 is 9.47 Å². The van der Waals surface area contributed by atoms with Gasteiger partial charge in [-0.05, 0) is 26.7 Å². The minimum Gasteiger partial charge on any atom is -0.345 e. The van der Waals surface area contributed by atoms with Crippen LogP contribution in [0.4, 0.5) is 0 Å². The van der Waals surface area contributed by atoms with Crippen molar-refractivity contribution in [1.82, 2.24) is 0 Å². The summed E-state index contributed by atoms with van der Waals surface area (Å²) in [7, 11) is 0. The number of hydrogen-bond acceptors (Lipinski definition) is 2. The van der Waals surface area contributed by atoms with Gasteiger partial charge in [-0.15, -0.1) is 12.4 Å². The summed E-state index contributed by atoms with van der Waals surface area (Å²) < 4.78 is 11.4. The molecule has 1 heterocycles. The third-order valence-corrected chi connectivity index (χ3v) is 3.01. The van der Waals surface area contributed by atoms with Gasteiger partial charge in [-0.25, -0.2) is 0 Å². The second-order valence-corrected chi connectivity index (χ2v) is 5.08. The third-order valence-electron chi connectivity index (χ3n) is 2.26. The van der Waals surface area contributed by atoms with Gasteiger partial charge in [-0.3, -0.25) is 0 Å². The predicted molar refractivity (Wildman–Crippen MR) is 53.0 cm³/mol. The molecule has 0 amide bonds. The van der Waals surface area contributed by atoms with Gasteiger partial charge in [0.2, 0.25) is 0 Å². The van der Waals surface area contributed by atoms with E-state index in [1.54, 1.807) is 0 Å². The first kappa shape index (κ1) is 10.8. The third kappa shape index (κ3) is 1.95. The van der Waals surface area contributed by atoms with E-state index in [0.29, 0.717) is 17.0 Å². The van der Waals surface area contributed by atoms with E-state index in [2.05, 4.69) is 15.9 Å². The Balaban J connectivity index is 0.000000720. The molecule has 72 valence electrons. The molecular formula is C8H14BrClO2. The molecule has 0 radical (unpaired) electrons. The highest BCUT2D eigenvalue weighted by Crippen LogP contribution is 2.40. The largest absolute Gasteiger partial charge is 0.345 e. The molecule has 0 bridgehead atoms. The van der Waals surface area contributed by atoms with E-state index in [0.717, 1.165) is 12.8 Å². The van der Waals surface area contributed by atoms with Crippen LogP contribution >= 0.6 is 28.3 Å². The van der Waals surface area contributed by atoms with Crippen LogP contribution in [0.3, 0.4) is 0 Å². The molecule has 1 aliphatic heterocycles. The van der Waals surface area contributed by atoms with Gasteiger partial charge in [0.25, 0.3) is 0 Å². The minimum absolute atomic E-state index is 0. The Morgan fingerprint density at radius 3 is 2.00 bits per heavy atom. The summed E-state index contributed by atoms with van der Waals surface area (Å²) in [6.45, 7) is 3.96. The SMILES string of the molecule is CC1(C)O[C@H]2CC(Br)C[C@@H]2O1.Cl. The first-order valence-corrected chi connectivity index (χ1v) is 4.98. The molecule has 2 fully saturated rings. The molecule has 1 saturated heterocycles. The fourth-order valence-electron chi connectivity index (χ4n) is 1.91. The van der Waals surface area contributed by atoms with Gasteiger partial charge in [-0.2, -0.15) is 0 Å². The van der Waals surface area contributed by atoms with Gasteiger partial charge in [0.15, 0.2) is 5.79 Å². The molecule has 0 aromatic heterocycles. The number of alkyl halides is 1. The number of rotatable bonds is 0. The summed E-state index contributed by atoms with van der Waals surface area (Å²) in [5, 5.41) is 0. The Morgan fingerprint density at radius 2 is 1.58 bits per heavy atom. The second kappa shape index (κ2) is 3.45. The van der Waals surface area contributed by atoms with Crippen molar-refractivity contribution in [1.29, 1.82) is 0 Å². The maximum absolute atomic E-state index is 5.69. The summed E-state index contributed by atoms with van der Waals surface area (Å²) in [6.07, 6.45) is 2.84. The molecule has 0 aromatic rings. The molecule has 0 N–H and O–H groups in total. The van der Waals surface area contributed by atoms with E-state index in [4.69, 9.17) is 9.47 Å². The van der Waals surface area contributed by atoms with Crippen molar-refractivity contribution >= 4 is 28.3 Å². The molecule has 1 aliphatic carbocycles. The van der Waals surface area contributed by atoms with Gasteiger partial charge in [0, 0.05) is 4.83 Å². The Kier molecular flexibility index (Phi) is 3.09. The van der Waals surface area contributed by atoms with Crippen LogP contribution in [0.2, 0.25) is 0 Å². The van der Waals surface area contributed by atoms with E-state index >= 15 is 0 Å². The standard InChI is InChI=1S/C8H13BrO2.ClH/c1-8(2)10-6-3-5(9)4-7(6)11-8;/h5-7H,3-4H2,1-2H3;1H/t6-,7-;/m0./s1. The van der Waals surface area contributed by atoms with Crippen molar-refractivity contribution in [2.45, 2.75) is 49.5 Å². The van der Waals surface area contributed by atoms with Crippen molar-refractivity contribution in [3.8, 4) is 0 Å². The fraction of sp³-hybridized carbons (Fsp3) is 1.00. The summed E-state index contributed by atoms with van der Waals surface area (Å²) >= 11 is 3.57. The van der Waals surface area contributed by atoms with Crippen LogP contribution in [0.25, 0.3) is 0 Å². The number of ether oxygens (including phenoxy) is 2. The highest BCUT2D eigenvalue weighted by Gasteiger charge is 2.46. The quantitative estimate of drug-likeness (QED) is 0.621. The zero-order valence-electron chi connectivity index (χ0n) is 7.25. The van der Waals surface area contributed by atoms with E-state index < -0.39 is 0 Å². The molecule has 2 nitrogen and oxygen atoms in total. The van der Waals surface area contributed by atoms with Crippen molar-refractivity contribution in [3.05, 3.63) is 0 Å². The lowest BCUT2D eigenvalue weighted by Crippen LogP contribution is -2.22. The number of hydrogen-bond donors (Lipinski definition) is 0. The molecular weight excluding hydrogens is 243 g/mol. The molecule has 1 saturated carbocycles. The van der Waals surface area contributed by atoms with Crippen LogP contribution in [0, 0.1) is 0 Å². The first-order chi connectivity index (χ1) is 5.07. The second-order valence-electron chi connectivity index (χ2n) is 3.78. The average Bonchev–Trinajstić information content (AvgIpc) is 2.17. The van der Waals surface area contributed by atoms with E-state index in [1.165, 1.54) is 0 Å². The predicted octanol–water partition coefficient (Wildman–Crippen LogP) is 2.49. The fourth-order valence-corrected chi connectivity index (χ4v) is 2.65. The van der Waals surface area contributed by atoms with Gasteiger partial charge in [-0.1, -0.05) is 15.9 Å². The lowest BCUT2D eigenvalue weighted by Gasteiger charge is -2.18. The zero-order chi connectivity index (χ0) is 8.06. The van der Waals surface area contributed by atoms with Gasteiger partial charge >= 0.3 is 0 Å². The average molecular weight is 258 g/mol. The molecule has 2 aliphatic rings. The van der Waals surface area contributed by atoms with Crippen LogP contribution in [0.5, 0.6) is 0 Å². The van der Waals surface area contributed by atoms with Crippen LogP contribution in [0.1, 0.15) is 26.7 Å². The Morgan fingerprint density at radius 1 is 1.17 bits per heavy atom. The monoisotopic (exact) mass is 256 g/mol. The Labute approximate surface area is 87.5 Å². The van der Waals surface area contributed by atoms with Crippen LogP contribution in [-0.4, -0.2) is 22.8 Å². The molecule has 2 rings (SSSR count). The summed E-state index contributed by atoms with van der Waals surface area (Å²) in [5.74, 6) is -0.345. The smallest absolute Gasteiger partial charge is 0.163 e. The zero-order valence-corrected chi connectivity index (χ0v) is 9.65. The Bertz CT molecular complexity index is 158. The highest BCUT2D eigenvalue weighted by molar-refractivity contribution is 9.09. The van der Waals surface area contributed by atoms with Crippen molar-refractivity contribution in [2.24, 2.45) is 0 Å². The topological polar surface area (TPSA) is 18.5 Å². The maximum Gasteiger partial charge on any atom is 0.163 e. The maximum atomic E-state index is 5.69. The summed E-state index contributed by atoms with van der Waals surface area (Å²) in [4.78, 5) is 0.591. The number of halogens is 2. The first-order valence-electron chi connectivity index (χ1n) is 4.06. The summed E-state index contributed by atoms with van der Waals surface area (Å²) in [6, 6.07) is 0. The van der Waals surface area contributed by atoms with Crippen LogP contribution in [0.15, 0.2) is 0 Å². The van der Waals surface area contributed by atoms with Crippen molar-refractivity contribution < 1.29 is 9.47 Å². The van der Waals surface area contributed by atoms with Crippen LogP contribution < -0.4 is 0 Å². The van der Waals surface area contributed by atoms with Crippen LogP contribution in [-0.2, 0) is 9.47 Å². The molecule has 2 atom stereocenters. The molecule has 12 heavy (non-hydrogen) atoms. The van der Waals surface area contributed by atoms with E-state index in [9.17, 15) is 0 Å². The van der Waals surface area contributed by atoms with Crippen molar-refractivity contribution in [3.63, 3.8) is 0 Å². The van der Waals surface area contributed by atoms with Crippen molar-refractivity contribution in [2.75, 3.05) is 0 Å². The van der Waals surface area contributed by atoms with Gasteiger partial charge in [0.05, 0.1) is 12.2 Å². The molecule has 4 heteroatoms. The highest BCUT2D eigenvalue weighted by atomic mass is 79.9. The molecule has 0 spiro atoms. The lowest BCUT2D eigenvalue weighted by molar-refractivity contribution is -0.150. The Hall–Kier alpha value is 0.690. The van der Waals surface area contributed by atoms with E-state index in [1.807, 2.05) is 13.8 Å². The summed E-state index contributed by atoms with van der Waals surface area (Å²) in [5.41, 5.74) is 0. The normalized spacial score (nSPS) is 39.2. The minimum atomic E-state index is -0.345.